The lowest BCUT2D eigenvalue weighted by Gasteiger charge is -2.32. The van der Waals surface area contributed by atoms with Gasteiger partial charge in [-0.3, -0.25) is 9.69 Å². The van der Waals surface area contributed by atoms with E-state index in [2.05, 4.69) is 32.2 Å². The molecule has 1 aliphatic rings. The number of amides is 1. The van der Waals surface area contributed by atoms with Crippen molar-refractivity contribution in [2.75, 3.05) is 13.1 Å². The van der Waals surface area contributed by atoms with Crippen molar-refractivity contribution in [3.8, 4) is 0 Å². The second kappa shape index (κ2) is 5.29. The van der Waals surface area contributed by atoms with Crippen LogP contribution < -0.4 is 5.73 Å². The fraction of sp³-hybridized carbons (Fsp3) is 0.400. The van der Waals surface area contributed by atoms with Crippen molar-refractivity contribution in [1.82, 2.24) is 20.1 Å². The summed E-state index contributed by atoms with van der Waals surface area (Å²) >= 11 is 0. The summed E-state index contributed by atoms with van der Waals surface area (Å²) in [5.74, 6) is 0.415. The third kappa shape index (κ3) is 2.12. The average Bonchev–Trinajstić information content (AvgIpc) is 3.16. The van der Waals surface area contributed by atoms with Gasteiger partial charge in [-0.05, 0) is 24.4 Å². The predicted octanol–water partition coefficient (Wildman–Crippen LogP) is 0.995. The van der Waals surface area contributed by atoms with E-state index in [0.717, 1.165) is 13.1 Å². The number of primary amides is 1. The number of carbonyl (C=O) groups is 1. The second-order valence-corrected chi connectivity index (χ2v) is 5.41. The van der Waals surface area contributed by atoms with Gasteiger partial charge in [0.1, 0.15) is 6.33 Å². The van der Waals surface area contributed by atoms with E-state index in [4.69, 9.17) is 5.73 Å². The number of rotatable bonds is 4. The first-order valence-electron chi connectivity index (χ1n) is 7.15. The zero-order valence-corrected chi connectivity index (χ0v) is 12.0. The summed E-state index contributed by atoms with van der Waals surface area (Å²) in [4.78, 5) is 17.3. The molecule has 3 rings (SSSR count). The number of nitrogens with two attached hydrogens (primary N) is 1. The van der Waals surface area contributed by atoms with Crippen LogP contribution in [0, 0.1) is 0 Å². The normalized spacial score (nSPS) is 26.0. The molecule has 6 nitrogen and oxygen atoms in total. The van der Waals surface area contributed by atoms with Gasteiger partial charge in [-0.25, -0.2) is 0 Å². The molecule has 1 fully saturated rings. The fourth-order valence-corrected chi connectivity index (χ4v) is 3.35. The number of nitrogens with one attached hydrogen (secondary N) is 1. The number of hydrogen-bond acceptors (Lipinski definition) is 4. The van der Waals surface area contributed by atoms with Gasteiger partial charge in [0.05, 0.1) is 0 Å². The average molecular weight is 285 g/mol. The molecule has 2 unspecified atom stereocenters. The summed E-state index contributed by atoms with van der Waals surface area (Å²) in [7, 11) is 0. The number of likely N-dealkylation sites (N-methyl/N-ethyl adjacent to an activating group) is 1. The zero-order chi connectivity index (χ0) is 14.9. The number of nitrogens with zero attached hydrogens (tertiary/aromatic N) is 3. The number of likely N-dealkylation sites (tertiary alicyclic amines) is 1. The van der Waals surface area contributed by atoms with Gasteiger partial charge in [-0.1, -0.05) is 37.3 Å². The number of hydrogen-bond donors (Lipinski definition) is 2. The maximum atomic E-state index is 12.3. The predicted molar refractivity (Wildman–Crippen MR) is 78.3 cm³/mol. The van der Waals surface area contributed by atoms with Crippen LogP contribution in [0.15, 0.2) is 36.7 Å². The van der Waals surface area contributed by atoms with Crippen molar-refractivity contribution in [2.45, 2.75) is 24.8 Å². The van der Waals surface area contributed by atoms with E-state index in [9.17, 15) is 4.79 Å². The molecule has 21 heavy (non-hydrogen) atoms. The Morgan fingerprint density at radius 1 is 1.48 bits per heavy atom. The maximum absolute atomic E-state index is 12.3. The molecule has 1 aromatic heterocycles. The van der Waals surface area contributed by atoms with Gasteiger partial charge in [0.15, 0.2) is 11.4 Å². The number of H-pyrrole nitrogens is 1. The minimum absolute atomic E-state index is 0.253. The Bertz CT molecular complexity index is 612. The minimum atomic E-state index is -0.897. The first-order valence-corrected chi connectivity index (χ1v) is 7.15. The Morgan fingerprint density at radius 3 is 2.81 bits per heavy atom. The van der Waals surface area contributed by atoms with Gasteiger partial charge in [-0.2, -0.15) is 0 Å². The van der Waals surface area contributed by atoms with Crippen molar-refractivity contribution < 1.29 is 4.79 Å². The smallest absolute Gasteiger partial charge is 0.245 e. The highest BCUT2D eigenvalue weighted by atomic mass is 16.1. The van der Waals surface area contributed by atoms with Crippen molar-refractivity contribution in [2.24, 2.45) is 5.73 Å². The molecular formula is C15H19N5O. The summed E-state index contributed by atoms with van der Waals surface area (Å²) in [6, 6.07) is 10.2. The molecule has 1 aromatic carbocycles. The summed E-state index contributed by atoms with van der Waals surface area (Å²) < 4.78 is 0. The minimum Gasteiger partial charge on any atom is -0.368 e. The van der Waals surface area contributed by atoms with Crippen molar-refractivity contribution in [3.05, 3.63) is 48.0 Å². The monoisotopic (exact) mass is 285 g/mol. The quantitative estimate of drug-likeness (QED) is 0.877. The molecule has 0 saturated carbocycles. The van der Waals surface area contributed by atoms with Crippen LogP contribution in [-0.2, 0) is 10.3 Å². The second-order valence-electron chi connectivity index (χ2n) is 5.41. The van der Waals surface area contributed by atoms with Crippen LogP contribution in [0.1, 0.15) is 30.7 Å². The topological polar surface area (TPSA) is 87.9 Å². The van der Waals surface area contributed by atoms with Crippen LogP contribution in [0.2, 0.25) is 0 Å². The molecular weight excluding hydrogens is 266 g/mol. The molecule has 2 heterocycles. The van der Waals surface area contributed by atoms with Crippen molar-refractivity contribution >= 4 is 5.91 Å². The van der Waals surface area contributed by atoms with Crippen LogP contribution in [0.25, 0.3) is 0 Å². The van der Waals surface area contributed by atoms with E-state index >= 15 is 0 Å². The third-order valence-corrected chi connectivity index (χ3v) is 4.39. The van der Waals surface area contributed by atoms with Gasteiger partial charge in [0.25, 0.3) is 0 Å². The molecule has 1 aliphatic heterocycles. The van der Waals surface area contributed by atoms with Gasteiger partial charge in [0, 0.05) is 6.54 Å². The van der Waals surface area contributed by atoms with Crippen LogP contribution in [0.4, 0.5) is 0 Å². The Kier molecular flexibility index (Phi) is 3.47. The van der Waals surface area contributed by atoms with Gasteiger partial charge >= 0.3 is 0 Å². The van der Waals surface area contributed by atoms with Gasteiger partial charge < -0.3 is 10.7 Å². The molecule has 0 aliphatic carbocycles. The Labute approximate surface area is 123 Å². The molecule has 0 bridgehead atoms. The maximum Gasteiger partial charge on any atom is 0.245 e. The Balaban J connectivity index is 2.02. The lowest BCUT2D eigenvalue weighted by Crippen LogP contribution is -2.51. The van der Waals surface area contributed by atoms with E-state index in [1.54, 1.807) is 0 Å². The van der Waals surface area contributed by atoms with Crippen molar-refractivity contribution in [1.29, 1.82) is 0 Å². The van der Waals surface area contributed by atoms with E-state index in [1.165, 1.54) is 11.9 Å². The Hall–Kier alpha value is -2.21. The highest BCUT2D eigenvalue weighted by Gasteiger charge is 2.53. The standard InChI is InChI=1S/C15H19N5O/c1-2-20-9-12(11-6-4-3-5-7-11)8-15(20,13(16)21)14-17-10-18-19-14/h3-7,10,12H,2,8-9H2,1H3,(H2,16,21)(H,17,18,19). The third-order valence-electron chi connectivity index (χ3n) is 4.39. The highest BCUT2D eigenvalue weighted by molar-refractivity contribution is 5.85. The lowest BCUT2D eigenvalue weighted by atomic mass is 9.87. The summed E-state index contributed by atoms with van der Waals surface area (Å²) in [5.41, 5.74) is 6.09. The lowest BCUT2D eigenvalue weighted by molar-refractivity contribution is -0.129. The Morgan fingerprint density at radius 2 is 2.24 bits per heavy atom. The number of aromatic amines is 1. The number of benzene rings is 1. The largest absolute Gasteiger partial charge is 0.368 e. The van der Waals surface area contributed by atoms with Gasteiger partial charge in [0.2, 0.25) is 5.91 Å². The van der Waals surface area contributed by atoms with Crippen LogP contribution in [0.5, 0.6) is 0 Å². The van der Waals surface area contributed by atoms with Crippen molar-refractivity contribution in [3.63, 3.8) is 0 Å². The van der Waals surface area contributed by atoms with E-state index in [0.29, 0.717) is 12.2 Å². The molecule has 110 valence electrons. The van der Waals surface area contributed by atoms with Crippen LogP contribution in [-0.4, -0.2) is 39.1 Å². The SMILES string of the molecule is CCN1CC(c2ccccc2)CC1(C(N)=O)c1nnc[nH]1. The highest BCUT2D eigenvalue weighted by Crippen LogP contribution is 2.43. The summed E-state index contributed by atoms with van der Waals surface area (Å²) in [6.07, 6.45) is 2.11. The fourth-order valence-electron chi connectivity index (χ4n) is 3.35. The number of carbonyl (C=O) groups excluding carboxylic acids is 1. The molecule has 1 amide bonds. The molecule has 2 aromatic rings. The molecule has 1 saturated heterocycles. The first kappa shape index (κ1) is 13.8. The molecule has 3 N–H and O–H groups in total. The van der Waals surface area contributed by atoms with E-state index < -0.39 is 5.54 Å². The summed E-state index contributed by atoms with van der Waals surface area (Å²) in [6.45, 7) is 3.54. The van der Waals surface area contributed by atoms with Crippen LogP contribution >= 0.6 is 0 Å². The zero-order valence-electron chi connectivity index (χ0n) is 12.0. The first-order chi connectivity index (χ1) is 10.2. The van der Waals surface area contributed by atoms with Gasteiger partial charge in [-0.15, -0.1) is 10.2 Å². The number of aromatic nitrogens is 3. The molecule has 2 atom stereocenters. The van der Waals surface area contributed by atoms with E-state index in [1.807, 2.05) is 25.1 Å². The summed E-state index contributed by atoms with van der Waals surface area (Å²) in [5, 5.41) is 7.89. The molecule has 0 radical (unpaired) electrons. The molecule has 6 heteroatoms. The van der Waals surface area contributed by atoms with E-state index in [-0.39, 0.29) is 11.8 Å². The molecule has 0 spiro atoms. The van der Waals surface area contributed by atoms with Crippen LogP contribution in [0.3, 0.4) is 0 Å².